The molecule has 4 heteroatoms. The Bertz CT molecular complexity index is 792. The Morgan fingerprint density at radius 3 is 2.35 bits per heavy atom. The van der Waals surface area contributed by atoms with E-state index in [0.29, 0.717) is 28.9 Å². The van der Waals surface area contributed by atoms with Crippen molar-refractivity contribution in [3.05, 3.63) is 53.6 Å². The highest BCUT2D eigenvalue weighted by Gasteiger charge is 2.42. The van der Waals surface area contributed by atoms with Gasteiger partial charge in [0.15, 0.2) is 17.4 Å². The number of halogens is 2. The van der Waals surface area contributed by atoms with Crippen molar-refractivity contribution >= 4 is 5.78 Å². The van der Waals surface area contributed by atoms with Crippen LogP contribution in [0.25, 0.3) is 11.1 Å². The maximum Gasteiger partial charge on any atom is 0.170 e. The average Bonchev–Trinajstić information content (AvgIpc) is 2.97. The van der Waals surface area contributed by atoms with E-state index in [0.717, 1.165) is 37.8 Å². The van der Waals surface area contributed by atoms with Gasteiger partial charge in [0.1, 0.15) is 11.4 Å². The molecule has 1 aliphatic carbocycles. The molecule has 118 valence electrons. The third kappa shape index (κ3) is 2.42. The summed E-state index contributed by atoms with van der Waals surface area (Å²) in [7, 11) is 0. The summed E-state index contributed by atoms with van der Waals surface area (Å²) in [5, 5.41) is 0. The summed E-state index contributed by atoms with van der Waals surface area (Å²) in [5.74, 6) is -1.09. The van der Waals surface area contributed by atoms with Crippen molar-refractivity contribution in [3.63, 3.8) is 0 Å². The molecule has 4 rings (SSSR count). The van der Waals surface area contributed by atoms with Gasteiger partial charge in [0.25, 0.3) is 0 Å². The zero-order valence-electron chi connectivity index (χ0n) is 12.6. The Hall–Kier alpha value is -2.23. The number of rotatable bonds is 1. The predicted molar refractivity (Wildman–Crippen MR) is 82.6 cm³/mol. The van der Waals surface area contributed by atoms with E-state index in [-0.39, 0.29) is 11.4 Å². The van der Waals surface area contributed by atoms with Gasteiger partial charge in [-0.1, -0.05) is 12.1 Å². The normalized spacial score (nSPS) is 18.8. The summed E-state index contributed by atoms with van der Waals surface area (Å²) in [6.07, 6.45) is 4.38. The molecule has 0 bridgehead atoms. The molecule has 2 aromatic carbocycles. The summed E-state index contributed by atoms with van der Waals surface area (Å²) >= 11 is 0. The molecule has 2 nitrogen and oxygen atoms in total. The molecule has 0 unspecified atom stereocenters. The predicted octanol–water partition coefficient (Wildman–Crippen LogP) is 4.91. The van der Waals surface area contributed by atoms with Crippen LogP contribution < -0.4 is 4.74 Å². The first-order valence-electron chi connectivity index (χ1n) is 7.88. The van der Waals surface area contributed by atoms with E-state index in [1.807, 2.05) is 0 Å². The van der Waals surface area contributed by atoms with Gasteiger partial charge in [0.2, 0.25) is 0 Å². The third-order valence-electron chi connectivity index (χ3n) is 4.86. The van der Waals surface area contributed by atoms with Crippen LogP contribution >= 0.6 is 0 Å². The van der Waals surface area contributed by atoms with Crippen LogP contribution in [0.5, 0.6) is 5.75 Å². The third-order valence-corrected chi connectivity index (χ3v) is 4.86. The van der Waals surface area contributed by atoms with Gasteiger partial charge in [-0.3, -0.25) is 4.79 Å². The molecule has 1 aliphatic heterocycles. The fourth-order valence-electron chi connectivity index (χ4n) is 3.65. The molecule has 1 spiro atoms. The molecular formula is C19H16F2O2. The van der Waals surface area contributed by atoms with Crippen LogP contribution in [-0.4, -0.2) is 11.4 Å². The van der Waals surface area contributed by atoms with E-state index in [1.165, 1.54) is 6.07 Å². The first-order chi connectivity index (χ1) is 11.1. The van der Waals surface area contributed by atoms with Gasteiger partial charge in [-0.2, -0.15) is 0 Å². The van der Waals surface area contributed by atoms with Crippen LogP contribution in [-0.2, 0) is 0 Å². The number of Topliss-reactive ketones (excluding diaryl/α,β-unsaturated/α-hetero) is 1. The maximum absolute atomic E-state index is 13.4. The van der Waals surface area contributed by atoms with E-state index in [4.69, 9.17) is 4.74 Å². The van der Waals surface area contributed by atoms with Crippen LogP contribution in [0.15, 0.2) is 36.4 Å². The van der Waals surface area contributed by atoms with Crippen molar-refractivity contribution in [2.24, 2.45) is 0 Å². The molecule has 1 heterocycles. The Kier molecular flexibility index (Phi) is 3.22. The molecule has 0 saturated heterocycles. The smallest absolute Gasteiger partial charge is 0.170 e. The van der Waals surface area contributed by atoms with Crippen LogP contribution in [0, 0.1) is 11.6 Å². The fraction of sp³-hybridized carbons (Fsp3) is 0.316. The van der Waals surface area contributed by atoms with Gasteiger partial charge in [-0.25, -0.2) is 8.78 Å². The van der Waals surface area contributed by atoms with Crippen molar-refractivity contribution in [3.8, 4) is 16.9 Å². The lowest BCUT2D eigenvalue weighted by atomic mass is 9.88. The van der Waals surface area contributed by atoms with Gasteiger partial charge in [-0.15, -0.1) is 0 Å². The average molecular weight is 314 g/mol. The van der Waals surface area contributed by atoms with E-state index in [9.17, 15) is 13.6 Å². The SMILES string of the molecule is O=C1CC2(CCCC2)Oc2cc(-c3ccc(F)c(F)c3)ccc21. The molecule has 0 amide bonds. The lowest BCUT2D eigenvalue weighted by Gasteiger charge is -2.34. The standard InChI is InChI=1S/C19H16F2O2/c20-15-6-4-12(9-16(15)21)13-3-5-14-17(22)11-19(7-1-2-8-19)23-18(14)10-13/h3-6,9-10H,1-2,7-8,11H2. The topological polar surface area (TPSA) is 26.3 Å². The molecule has 1 saturated carbocycles. The number of carbonyl (C=O) groups is 1. The Labute approximate surface area is 133 Å². The number of fused-ring (bicyclic) bond motifs is 1. The first kappa shape index (κ1) is 14.4. The maximum atomic E-state index is 13.4. The second-order valence-corrected chi connectivity index (χ2v) is 6.43. The van der Waals surface area contributed by atoms with Crippen molar-refractivity contribution in [2.45, 2.75) is 37.7 Å². The second-order valence-electron chi connectivity index (χ2n) is 6.43. The molecule has 2 aromatic rings. The summed E-state index contributed by atoms with van der Waals surface area (Å²) in [4.78, 5) is 12.4. The quantitative estimate of drug-likeness (QED) is 0.747. The van der Waals surface area contributed by atoms with Gasteiger partial charge < -0.3 is 4.74 Å². The van der Waals surface area contributed by atoms with Crippen molar-refractivity contribution in [1.82, 2.24) is 0 Å². The van der Waals surface area contributed by atoms with Crippen LogP contribution in [0.3, 0.4) is 0 Å². The number of ether oxygens (including phenoxy) is 1. The number of ketones is 1. The van der Waals surface area contributed by atoms with E-state index in [2.05, 4.69) is 0 Å². The highest BCUT2D eigenvalue weighted by atomic mass is 19.2. The summed E-state index contributed by atoms with van der Waals surface area (Å²) in [6.45, 7) is 0. The molecule has 2 aliphatic rings. The molecule has 1 fully saturated rings. The van der Waals surface area contributed by atoms with Gasteiger partial charge in [0.05, 0.1) is 12.0 Å². The van der Waals surface area contributed by atoms with Crippen LogP contribution in [0.1, 0.15) is 42.5 Å². The summed E-state index contributed by atoms with van der Waals surface area (Å²) in [5.41, 5.74) is 1.49. The van der Waals surface area contributed by atoms with Gasteiger partial charge in [-0.05, 0) is 61.1 Å². The van der Waals surface area contributed by atoms with E-state index in [1.54, 1.807) is 18.2 Å². The Morgan fingerprint density at radius 2 is 1.61 bits per heavy atom. The molecule has 0 radical (unpaired) electrons. The number of hydrogen-bond acceptors (Lipinski definition) is 2. The zero-order valence-corrected chi connectivity index (χ0v) is 12.6. The highest BCUT2D eigenvalue weighted by Crippen LogP contribution is 2.44. The molecule has 0 aromatic heterocycles. The van der Waals surface area contributed by atoms with Gasteiger partial charge in [0, 0.05) is 0 Å². The van der Waals surface area contributed by atoms with Crippen LogP contribution in [0.2, 0.25) is 0 Å². The van der Waals surface area contributed by atoms with E-state index >= 15 is 0 Å². The van der Waals surface area contributed by atoms with Crippen LogP contribution in [0.4, 0.5) is 8.78 Å². The number of hydrogen-bond donors (Lipinski definition) is 0. The summed E-state index contributed by atoms with van der Waals surface area (Å²) < 4.78 is 32.7. The minimum absolute atomic E-state index is 0.102. The first-order valence-corrected chi connectivity index (χ1v) is 7.88. The van der Waals surface area contributed by atoms with E-state index < -0.39 is 11.6 Å². The van der Waals surface area contributed by atoms with Gasteiger partial charge >= 0.3 is 0 Å². The zero-order chi connectivity index (χ0) is 16.0. The second kappa shape index (κ2) is 5.15. The lowest BCUT2D eigenvalue weighted by molar-refractivity contribution is 0.0451. The summed E-state index contributed by atoms with van der Waals surface area (Å²) in [6, 6.07) is 9.02. The number of benzene rings is 2. The molecular weight excluding hydrogens is 298 g/mol. The fourth-order valence-corrected chi connectivity index (χ4v) is 3.65. The monoisotopic (exact) mass is 314 g/mol. The molecule has 0 N–H and O–H groups in total. The molecule has 23 heavy (non-hydrogen) atoms. The Balaban J connectivity index is 1.75. The highest BCUT2D eigenvalue weighted by molar-refractivity contribution is 6.01. The minimum atomic E-state index is -0.885. The van der Waals surface area contributed by atoms with Crippen molar-refractivity contribution < 1.29 is 18.3 Å². The largest absolute Gasteiger partial charge is 0.486 e. The minimum Gasteiger partial charge on any atom is -0.486 e. The van der Waals surface area contributed by atoms with Crippen molar-refractivity contribution in [2.75, 3.05) is 0 Å². The van der Waals surface area contributed by atoms with Crippen molar-refractivity contribution in [1.29, 1.82) is 0 Å². The molecule has 0 atom stereocenters. The number of carbonyl (C=O) groups excluding carboxylic acids is 1. The Morgan fingerprint density at radius 1 is 0.913 bits per heavy atom. The lowest BCUT2D eigenvalue weighted by Crippen LogP contribution is -2.39.